The van der Waals surface area contributed by atoms with Gasteiger partial charge in [-0.1, -0.05) is 133 Å². The van der Waals surface area contributed by atoms with E-state index in [9.17, 15) is 10.5 Å². The lowest BCUT2D eigenvalue weighted by Gasteiger charge is -2.30. The van der Waals surface area contributed by atoms with Crippen LogP contribution in [0.1, 0.15) is 25.0 Å². The van der Waals surface area contributed by atoms with Gasteiger partial charge >= 0.3 is 0 Å². The van der Waals surface area contributed by atoms with Gasteiger partial charge in [0.2, 0.25) is 0 Å². The van der Waals surface area contributed by atoms with Crippen molar-refractivity contribution in [2.45, 2.75) is 13.8 Å². The van der Waals surface area contributed by atoms with Crippen molar-refractivity contribution in [2.75, 3.05) is 9.80 Å². The highest BCUT2D eigenvalue weighted by atomic mass is 15.2. The van der Waals surface area contributed by atoms with E-state index in [0.29, 0.717) is 34.1 Å². The number of aliphatic imine (C=N–C) groups is 2. The first kappa shape index (κ1) is 38.5. The summed E-state index contributed by atoms with van der Waals surface area (Å²) in [7, 11) is 0. The van der Waals surface area contributed by atoms with Gasteiger partial charge in [-0.2, -0.15) is 10.5 Å². The van der Waals surface area contributed by atoms with E-state index < -0.39 is 0 Å². The molecule has 0 aliphatic rings. The Morgan fingerprint density at radius 2 is 0.867 bits per heavy atom. The Morgan fingerprint density at radius 1 is 0.483 bits per heavy atom. The van der Waals surface area contributed by atoms with E-state index in [2.05, 4.69) is 84.1 Å². The number of hydrogen-bond acceptors (Lipinski definition) is 6. The average molecular weight is 773 g/mol. The van der Waals surface area contributed by atoms with Crippen LogP contribution in [0.2, 0.25) is 0 Å². The first-order valence-electron chi connectivity index (χ1n) is 19.6. The fraction of sp³-hybridized carbons (Fsp3) is 0.0370. The molecule has 0 aromatic heterocycles. The van der Waals surface area contributed by atoms with Gasteiger partial charge in [0, 0.05) is 10.8 Å². The predicted molar refractivity (Wildman–Crippen MR) is 253 cm³/mol. The molecule has 286 valence electrons. The molecule has 8 aromatic rings. The first-order chi connectivity index (χ1) is 29.5. The van der Waals surface area contributed by atoms with Gasteiger partial charge in [0.05, 0.1) is 33.9 Å². The lowest BCUT2D eigenvalue weighted by atomic mass is 9.91. The Hall–Kier alpha value is -8.32. The number of rotatable bonds is 12. The molecular formula is C54H40N6. The zero-order chi connectivity index (χ0) is 41.6. The third kappa shape index (κ3) is 7.00. The van der Waals surface area contributed by atoms with Crippen LogP contribution in [-0.2, 0) is 0 Å². The molecule has 0 bridgehead atoms. The topological polar surface area (TPSA) is 78.8 Å². The minimum Gasteiger partial charge on any atom is -0.293 e. The second-order valence-corrected chi connectivity index (χ2v) is 14.1. The monoisotopic (exact) mass is 772 g/mol. The normalized spacial score (nSPS) is 12.0. The molecule has 8 aromatic carbocycles. The Bertz CT molecular complexity index is 2910. The summed E-state index contributed by atoms with van der Waals surface area (Å²) in [6.45, 7) is 11.9. The standard InChI is InChI=1S/C54H40N6/c1-5-7-19-51(57-3)59(47-29-25-41(33-43(47)35-55)37-15-11-9-12-16-37)49-31-23-39-22-28-46-50(32-24-40-21-27-45(49)53(39)54(40)46)60(52(58-4)20-8-6-2)48-30-26-42(34-44(48)36-56)38-17-13-10-14-18-38/h5-34H,3-4H2,1-2H3/b7-5-,8-6-,51-19+,52-20+. The summed E-state index contributed by atoms with van der Waals surface area (Å²) in [5, 5.41) is 27.5. The molecule has 0 heterocycles. The van der Waals surface area contributed by atoms with Crippen LogP contribution in [0.4, 0.5) is 22.7 Å². The van der Waals surface area contributed by atoms with Gasteiger partial charge in [0.25, 0.3) is 0 Å². The average Bonchev–Trinajstić information content (AvgIpc) is 3.31. The summed E-state index contributed by atoms with van der Waals surface area (Å²) in [5.74, 6) is 1.13. The SMILES string of the molecule is C=N/C(=C\C=C/C)N(c1ccc(-c2ccccc2)cc1C#N)c1ccc2ccc3c(N(/C(=C/C=C\C)N=C)c4ccc(-c5ccccc5)cc4C#N)ccc4ccc1c2c43. The lowest BCUT2D eigenvalue weighted by molar-refractivity contribution is 1.13. The molecule has 0 aliphatic heterocycles. The fourth-order valence-electron chi connectivity index (χ4n) is 7.94. The zero-order valence-corrected chi connectivity index (χ0v) is 33.4. The van der Waals surface area contributed by atoms with Crippen LogP contribution < -0.4 is 9.80 Å². The molecule has 0 saturated carbocycles. The van der Waals surface area contributed by atoms with Gasteiger partial charge in [0.1, 0.15) is 23.8 Å². The van der Waals surface area contributed by atoms with Crippen molar-refractivity contribution in [1.29, 1.82) is 10.5 Å². The van der Waals surface area contributed by atoms with Crippen molar-refractivity contribution in [3.05, 3.63) is 205 Å². The van der Waals surface area contributed by atoms with E-state index in [0.717, 1.165) is 65.9 Å². The highest BCUT2D eigenvalue weighted by molar-refractivity contribution is 6.28. The molecule has 0 spiro atoms. The third-order valence-electron chi connectivity index (χ3n) is 10.7. The van der Waals surface area contributed by atoms with Crippen LogP contribution in [0.3, 0.4) is 0 Å². The van der Waals surface area contributed by atoms with Crippen LogP contribution in [0.15, 0.2) is 204 Å². The van der Waals surface area contributed by atoms with Crippen LogP contribution in [0, 0.1) is 22.7 Å². The van der Waals surface area contributed by atoms with Gasteiger partial charge in [-0.15, -0.1) is 0 Å². The smallest absolute Gasteiger partial charge is 0.136 e. The van der Waals surface area contributed by atoms with Crippen LogP contribution in [-0.4, -0.2) is 13.4 Å². The van der Waals surface area contributed by atoms with Crippen LogP contribution >= 0.6 is 0 Å². The molecule has 0 fully saturated rings. The van der Waals surface area contributed by atoms with Gasteiger partial charge in [-0.3, -0.25) is 9.80 Å². The van der Waals surface area contributed by atoms with Crippen molar-refractivity contribution >= 4 is 68.5 Å². The van der Waals surface area contributed by atoms with Crippen LogP contribution in [0.25, 0.3) is 54.6 Å². The Kier molecular flexibility index (Phi) is 10.9. The third-order valence-corrected chi connectivity index (χ3v) is 10.7. The van der Waals surface area contributed by atoms with Gasteiger partial charge in [-0.25, -0.2) is 9.98 Å². The molecule has 6 nitrogen and oxygen atoms in total. The summed E-state index contributed by atoms with van der Waals surface area (Å²) in [6.07, 6.45) is 11.5. The molecule has 8 rings (SSSR count). The molecule has 60 heavy (non-hydrogen) atoms. The Morgan fingerprint density at radius 3 is 1.23 bits per heavy atom. The molecular weight excluding hydrogens is 733 g/mol. The summed E-state index contributed by atoms with van der Waals surface area (Å²) in [6, 6.07) is 53.9. The van der Waals surface area contributed by atoms with E-state index >= 15 is 0 Å². The predicted octanol–water partition coefficient (Wildman–Crippen LogP) is 14.2. The number of nitriles is 2. The molecule has 0 atom stereocenters. The van der Waals surface area contributed by atoms with E-state index in [1.807, 2.05) is 157 Å². The van der Waals surface area contributed by atoms with E-state index in [1.54, 1.807) is 0 Å². The van der Waals surface area contributed by atoms with E-state index in [4.69, 9.17) is 0 Å². The summed E-state index contributed by atoms with van der Waals surface area (Å²) in [5.41, 5.74) is 7.98. The van der Waals surface area contributed by atoms with Gasteiger partial charge in [-0.05, 0) is 120 Å². The number of anilines is 4. The number of allylic oxidation sites excluding steroid dienone is 6. The highest BCUT2D eigenvalue weighted by Gasteiger charge is 2.25. The highest BCUT2D eigenvalue weighted by Crippen LogP contribution is 2.47. The Labute approximate surface area is 350 Å². The second kappa shape index (κ2) is 17.0. The number of nitrogens with zero attached hydrogens (tertiary/aromatic N) is 6. The van der Waals surface area contributed by atoms with Crippen molar-refractivity contribution in [3.63, 3.8) is 0 Å². The molecule has 0 amide bonds. The molecule has 0 N–H and O–H groups in total. The zero-order valence-electron chi connectivity index (χ0n) is 33.4. The van der Waals surface area contributed by atoms with Gasteiger partial charge < -0.3 is 0 Å². The van der Waals surface area contributed by atoms with Gasteiger partial charge in [0.15, 0.2) is 0 Å². The molecule has 0 radical (unpaired) electrons. The maximum Gasteiger partial charge on any atom is 0.136 e. The summed E-state index contributed by atoms with van der Waals surface area (Å²) < 4.78 is 0. The van der Waals surface area contributed by atoms with Crippen molar-refractivity contribution < 1.29 is 0 Å². The van der Waals surface area contributed by atoms with E-state index in [1.165, 1.54) is 0 Å². The van der Waals surface area contributed by atoms with Crippen LogP contribution in [0.5, 0.6) is 0 Å². The van der Waals surface area contributed by atoms with Crippen molar-refractivity contribution in [3.8, 4) is 34.4 Å². The fourth-order valence-corrected chi connectivity index (χ4v) is 7.94. The van der Waals surface area contributed by atoms with Crippen molar-refractivity contribution in [2.24, 2.45) is 9.98 Å². The number of benzene rings is 8. The first-order valence-corrected chi connectivity index (χ1v) is 19.6. The number of hydrogen-bond donors (Lipinski definition) is 0. The molecule has 6 heteroatoms. The second-order valence-electron chi connectivity index (χ2n) is 14.1. The Balaban J connectivity index is 1.38. The maximum absolute atomic E-state index is 10.7. The minimum atomic E-state index is 0.499. The maximum atomic E-state index is 10.7. The molecule has 0 saturated heterocycles. The molecule has 0 unspecified atom stereocenters. The van der Waals surface area contributed by atoms with Crippen molar-refractivity contribution in [1.82, 2.24) is 0 Å². The molecule has 0 aliphatic carbocycles. The van der Waals surface area contributed by atoms with E-state index in [-0.39, 0.29) is 0 Å². The quantitative estimate of drug-likeness (QED) is 0.0704. The summed E-state index contributed by atoms with van der Waals surface area (Å²) in [4.78, 5) is 13.1. The minimum absolute atomic E-state index is 0.499. The largest absolute Gasteiger partial charge is 0.293 e. The lowest BCUT2D eigenvalue weighted by Crippen LogP contribution is -2.17. The summed E-state index contributed by atoms with van der Waals surface area (Å²) >= 11 is 0.